The second-order valence-electron chi connectivity index (χ2n) is 7.34. The summed E-state index contributed by atoms with van der Waals surface area (Å²) in [6, 6.07) is 13.7. The number of para-hydroxylation sites is 1. The Bertz CT molecular complexity index is 1250. The molecule has 3 heterocycles. The van der Waals surface area contributed by atoms with Crippen molar-refractivity contribution in [2.75, 3.05) is 6.54 Å². The number of ether oxygens (including phenoxy) is 1. The van der Waals surface area contributed by atoms with Crippen LogP contribution in [0.15, 0.2) is 61.1 Å². The number of carbonyl (C=O) groups excluding carboxylic acids is 1. The number of aromatic nitrogens is 3. The van der Waals surface area contributed by atoms with Crippen LogP contribution in [0.1, 0.15) is 16.1 Å². The monoisotopic (exact) mass is 418 g/mol. The van der Waals surface area contributed by atoms with Gasteiger partial charge in [-0.3, -0.25) is 14.8 Å². The Hall–Kier alpha value is -3.38. The molecule has 0 spiro atoms. The smallest absolute Gasteiger partial charge is 0.268 e. The minimum Gasteiger partial charge on any atom is -0.486 e. The molecule has 1 unspecified atom stereocenters. The van der Waals surface area contributed by atoms with E-state index in [1.165, 1.54) is 0 Å². The third kappa shape index (κ3) is 3.29. The van der Waals surface area contributed by atoms with Crippen molar-refractivity contribution in [3.8, 4) is 17.0 Å². The number of amides is 1. The summed E-state index contributed by atoms with van der Waals surface area (Å²) in [5.74, 6) is 0.549. The zero-order chi connectivity index (χ0) is 20.7. The number of hydrogen-bond acceptors (Lipinski definition) is 4. The minimum absolute atomic E-state index is 0.125. The second-order valence-corrected chi connectivity index (χ2v) is 7.75. The van der Waals surface area contributed by atoms with E-state index in [-0.39, 0.29) is 12.0 Å². The molecule has 0 bridgehead atoms. The number of hydrogen-bond donors (Lipinski definition) is 1. The predicted octanol–water partition coefficient (Wildman–Crippen LogP) is 4.02. The Morgan fingerprint density at radius 2 is 2.13 bits per heavy atom. The molecule has 1 N–H and O–H groups in total. The number of rotatable bonds is 4. The molecular formula is C23H19ClN4O2. The Morgan fingerprint density at radius 1 is 1.27 bits per heavy atom. The lowest BCUT2D eigenvalue weighted by Crippen LogP contribution is -2.35. The Kier molecular flexibility index (Phi) is 4.64. The molecule has 6 nitrogen and oxygen atoms in total. The van der Waals surface area contributed by atoms with Crippen molar-refractivity contribution in [3.63, 3.8) is 0 Å². The maximum Gasteiger partial charge on any atom is 0.268 e. The summed E-state index contributed by atoms with van der Waals surface area (Å²) < 4.78 is 7.92. The topological polar surface area (TPSA) is 69.0 Å². The van der Waals surface area contributed by atoms with Gasteiger partial charge in [-0.1, -0.05) is 29.8 Å². The van der Waals surface area contributed by atoms with Gasteiger partial charge < -0.3 is 14.6 Å². The highest BCUT2D eigenvalue weighted by Crippen LogP contribution is 2.39. The van der Waals surface area contributed by atoms with Crippen molar-refractivity contribution in [1.29, 1.82) is 0 Å². The molecule has 2 aromatic heterocycles. The fourth-order valence-corrected chi connectivity index (χ4v) is 4.18. The van der Waals surface area contributed by atoms with Gasteiger partial charge in [0.25, 0.3) is 5.91 Å². The average molecular weight is 419 g/mol. The van der Waals surface area contributed by atoms with Crippen LogP contribution in [-0.2, 0) is 13.5 Å². The molecule has 150 valence electrons. The van der Waals surface area contributed by atoms with Gasteiger partial charge >= 0.3 is 0 Å². The predicted molar refractivity (Wildman–Crippen MR) is 116 cm³/mol. The minimum atomic E-state index is -0.173. The van der Waals surface area contributed by atoms with Crippen LogP contribution >= 0.6 is 11.6 Å². The summed E-state index contributed by atoms with van der Waals surface area (Å²) in [5.41, 5.74) is 4.31. The standard InChI is InChI=1S/C23H19ClN4O2/c1-28-20-5-3-2-4-14(20)11-21(28)23(29)27-12-17-9-16-8-15(10-18(24)22(16)30-17)19-13-25-6-7-26-19/h2-8,10-11,13,17H,9,12H2,1H3,(H,27,29). The maximum absolute atomic E-state index is 12.7. The zero-order valence-corrected chi connectivity index (χ0v) is 17.1. The highest BCUT2D eigenvalue weighted by molar-refractivity contribution is 6.32. The first-order valence-corrected chi connectivity index (χ1v) is 10.1. The van der Waals surface area contributed by atoms with E-state index in [2.05, 4.69) is 15.3 Å². The van der Waals surface area contributed by atoms with Crippen LogP contribution < -0.4 is 10.1 Å². The van der Waals surface area contributed by atoms with Crippen LogP contribution in [0.2, 0.25) is 5.02 Å². The number of fused-ring (bicyclic) bond motifs is 2. The first-order chi connectivity index (χ1) is 14.6. The Balaban J connectivity index is 1.30. The highest BCUT2D eigenvalue weighted by atomic mass is 35.5. The number of benzene rings is 2. The highest BCUT2D eigenvalue weighted by Gasteiger charge is 2.27. The second kappa shape index (κ2) is 7.46. The Labute approximate surface area is 178 Å². The number of carbonyl (C=O) groups is 1. The molecule has 0 fully saturated rings. The third-order valence-electron chi connectivity index (χ3n) is 5.39. The summed E-state index contributed by atoms with van der Waals surface area (Å²) >= 11 is 6.45. The van der Waals surface area contributed by atoms with Gasteiger partial charge in [-0.2, -0.15) is 0 Å². The molecule has 0 saturated carbocycles. The summed E-state index contributed by atoms with van der Waals surface area (Å²) in [6.45, 7) is 0.395. The summed E-state index contributed by atoms with van der Waals surface area (Å²) in [6.07, 6.45) is 5.48. The number of nitrogens with one attached hydrogen (secondary N) is 1. The normalized spacial score (nSPS) is 15.1. The summed E-state index contributed by atoms with van der Waals surface area (Å²) in [5, 5.41) is 4.57. The SMILES string of the molecule is Cn1c(C(=O)NCC2Cc3cc(-c4cnccn4)cc(Cl)c3O2)cc2ccccc21. The lowest BCUT2D eigenvalue weighted by atomic mass is 10.0. The van der Waals surface area contributed by atoms with Crippen LogP contribution in [0, 0.1) is 0 Å². The summed E-state index contributed by atoms with van der Waals surface area (Å²) in [4.78, 5) is 21.2. The molecule has 7 heteroatoms. The van der Waals surface area contributed by atoms with Gasteiger partial charge in [0.15, 0.2) is 0 Å². The van der Waals surface area contributed by atoms with Crippen molar-refractivity contribution in [3.05, 3.63) is 77.3 Å². The van der Waals surface area contributed by atoms with Crippen molar-refractivity contribution < 1.29 is 9.53 Å². The van der Waals surface area contributed by atoms with E-state index >= 15 is 0 Å². The fourth-order valence-electron chi connectivity index (χ4n) is 3.90. The fraction of sp³-hybridized carbons (Fsp3) is 0.174. The van der Waals surface area contributed by atoms with Crippen molar-refractivity contribution >= 4 is 28.4 Å². The van der Waals surface area contributed by atoms with Gasteiger partial charge in [0.2, 0.25) is 0 Å². The first-order valence-electron chi connectivity index (χ1n) is 9.68. The molecular weight excluding hydrogens is 400 g/mol. The number of aryl methyl sites for hydroxylation is 1. The van der Waals surface area contributed by atoms with Crippen LogP contribution in [0.4, 0.5) is 0 Å². The van der Waals surface area contributed by atoms with Gasteiger partial charge in [-0.25, -0.2) is 0 Å². The van der Waals surface area contributed by atoms with E-state index in [4.69, 9.17) is 16.3 Å². The van der Waals surface area contributed by atoms with Crippen molar-refractivity contribution in [1.82, 2.24) is 19.9 Å². The van der Waals surface area contributed by atoms with Crippen LogP contribution in [0.25, 0.3) is 22.2 Å². The molecule has 0 aliphatic carbocycles. The summed E-state index contributed by atoms with van der Waals surface area (Å²) in [7, 11) is 1.90. The van der Waals surface area contributed by atoms with E-state index in [1.54, 1.807) is 18.6 Å². The van der Waals surface area contributed by atoms with Gasteiger partial charge in [-0.15, -0.1) is 0 Å². The van der Waals surface area contributed by atoms with Crippen LogP contribution in [-0.4, -0.2) is 33.1 Å². The van der Waals surface area contributed by atoms with Crippen molar-refractivity contribution in [2.45, 2.75) is 12.5 Å². The van der Waals surface area contributed by atoms with Gasteiger partial charge in [0, 0.05) is 47.9 Å². The van der Waals surface area contributed by atoms with E-state index in [0.717, 1.165) is 27.7 Å². The maximum atomic E-state index is 12.7. The average Bonchev–Trinajstić information content (AvgIpc) is 3.34. The quantitative estimate of drug-likeness (QED) is 0.543. The molecule has 1 amide bonds. The lowest BCUT2D eigenvalue weighted by molar-refractivity contribution is 0.0926. The van der Waals surface area contributed by atoms with E-state index in [1.807, 2.05) is 54.1 Å². The van der Waals surface area contributed by atoms with Crippen LogP contribution in [0.5, 0.6) is 5.75 Å². The van der Waals surface area contributed by atoms with E-state index < -0.39 is 0 Å². The Morgan fingerprint density at radius 3 is 2.93 bits per heavy atom. The zero-order valence-electron chi connectivity index (χ0n) is 16.3. The number of nitrogens with zero attached hydrogens (tertiary/aromatic N) is 3. The third-order valence-corrected chi connectivity index (χ3v) is 5.67. The van der Waals surface area contributed by atoms with Crippen molar-refractivity contribution in [2.24, 2.45) is 7.05 Å². The van der Waals surface area contributed by atoms with Gasteiger partial charge in [0.05, 0.1) is 23.5 Å². The van der Waals surface area contributed by atoms with E-state index in [0.29, 0.717) is 29.4 Å². The molecule has 1 aliphatic heterocycles. The molecule has 5 rings (SSSR count). The molecule has 0 radical (unpaired) electrons. The molecule has 1 aliphatic rings. The molecule has 2 aromatic carbocycles. The van der Waals surface area contributed by atoms with E-state index in [9.17, 15) is 4.79 Å². The molecule has 1 atom stereocenters. The lowest BCUT2D eigenvalue weighted by Gasteiger charge is -2.13. The van der Waals surface area contributed by atoms with Crippen LogP contribution in [0.3, 0.4) is 0 Å². The van der Waals surface area contributed by atoms with Gasteiger partial charge in [-0.05, 0) is 24.3 Å². The molecule has 30 heavy (non-hydrogen) atoms. The molecule has 4 aromatic rings. The molecule has 0 saturated heterocycles. The number of halogens is 1. The first kappa shape index (κ1) is 18.6. The largest absolute Gasteiger partial charge is 0.486 e. The van der Waals surface area contributed by atoms with Gasteiger partial charge in [0.1, 0.15) is 17.5 Å².